The number of hydrogen-bond donors (Lipinski definition) is 1. The smallest absolute Gasteiger partial charge is 0.134 e. The van der Waals surface area contributed by atoms with Crippen molar-refractivity contribution in [1.82, 2.24) is 5.32 Å². The lowest BCUT2D eigenvalue weighted by Gasteiger charge is -2.27. The molecule has 3 rings (SSSR count). The van der Waals surface area contributed by atoms with Crippen LogP contribution in [0.1, 0.15) is 37.0 Å². The molecule has 2 heteroatoms. The molecule has 1 aliphatic rings. The van der Waals surface area contributed by atoms with Gasteiger partial charge in [0.15, 0.2) is 0 Å². The van der Waals surface area contributed by atoms with Crippen LogP contribution in [-0.2, 0) is 0 Å². The van der Waals surface area contributed by atoms with Gasteiger partial charge in [-0.15, -0.1) is 0 Å². The molecule has 0 aliphatic carbocycles. The fourth-order valence-corrected chi connectivity index (χ4v) is 3.19. The Kier molecular flexibility index (Phi) is 3.13. The van der Waals surface area contributed by atoms with Gasteiger partial charge in [-0.25, -0.2) is 0 Å². The van der Waals surface area contributed by atoms with Crippen molar-refractivity contribution in [3.8, 4) is 0 Å². The average molecular weight is 243 g/mol. The van der Waals surface area contributed by atoms with Crippen LogP contribution in [0.15, 0.2) is 28.7 Å². The molecule has 1 fully saturated rings. The highest BCUT2D eigenvalue weighted by molar-refractivity contribution is 5.82. The third-order valence-electron chi connectivity index (χ3n) is 4.39. The van der Waals surface area contributed by atoms with Gasteiger partial charge in [-0.1, -0.05) is 25.1 Å². The summed E-state index contributed by atoms with van der Waals surface area (Å²) in [4.78, 5) is 0. The molecule has 2 aromatic rings. The molecular formula is C16H21NO. The number of para-hydroxylation sites is 1. The minimum absolute atomic E-state index is 0.527. The van der Waals surface area contributed by atoms with Crippen molar-refractivity contribution in [2.24, 2.45) is 5.92 Å². The molecule has 18 heavy (non-hydrogen) atoms. The van der Waals surface area contributed by atoms with Crippen LogP contribution in [-0.4, -0.2) is 13.1 Å². The van der Waals surface area contributed by atoms with Crippen molar-refractivity contribution in [2.75, 3.05) is 13.1 Å². The highest BCUT2D eigenvalue weighted by atomic mass is 16.3. The Balaban J connectivity index is 1.95. The second-order valence-corrected chi connectivity index (χ2v) is 5.46. The molecule has 0 saturated carbocycles. The number of fused-ring (bicyclic) bond motifs is 1. The SMILES string of the molecule is Cc1c(C(C)C2CCNCC2)oc2ccccc12. The standard InChI is InChI=1S/C16H21NO/c1-11(13-7-9-17-10-8-13)16-12(2)14-5-3-4-6-15(14)18-16/h3-6,11,13,17H,7-10H2,1-2H3. The van der Waals surface area contributed by atoms with Gasteiger partial charge in [-0.2, -0.15) is 0 Å². The lowest BCUT2D eigenvalue weighted by molar-refractivity contribution is 0.303. The Morgan fingerprint density at radius 2 is 1.94 bits per heavy atom. The maximum Gasteiger partial charge on any atom is 0.134 e. The van der Waals surface area contributed by atoms with Gasteiger partial charge in [0, 0.05) is 11.3 Å². The molecule has 1 aliphatic heterocycles. The van der Waals surface area contributed by atoms with Crippen molar-refractivity contribution < 1.29 is 4.42 Å². The average Bonchev–Trinajstić information content (AvgIpc) is 2.77. The second kappa shape index (κ2) is 4.77. The Hall–Kier alpha value is -1.28. The van der Waals surface area contributed by atoms with Crippen LogP contribution in [0.25, 0.3) is 11.0 Å². The first-order valence-corrected chi connectivity index (χ1v) is 6.96. The van der Waals surface area contributed by atoms with E-state index in [1.165, 1.54) is 29.6 Å². The van der Waals surface area contributed by atoms with Crippen LogP contribution in [0.2, 0.25) is 0 Å². The van der Waals surface area contributed by atoms with Gasteiger partial charge in [0.05, 0.1) is 0 Å². The van der Waals surface area contributed by atoms with Gasteiger partial charge in [0.2, 0.25) is 0 Å². The summed E-state index contributed by atoms with van der Waals surface area (Å²) < 4.78 is 6.09. The van der Waals surface area contributed by atoms with Crippen LogP contribution >= 0.6 is 0 Å². The van der Waals surface area contributed by atoms with E-state index in [-0.39, 0.29) is 0 Å². The summed E-state index contributed by atoms with van der Waals surface area (Å²) in [5.74, 6) is 2.48. The molecule has 1 saturated heterocycles. The number of nitrogens with one attached hydrogen (secondary N) is 1. The number of piperidine rings is 1. The maximum absolute atomic E-state index is 6.09. The highest BCUT2D eigenvalue weighted by Gasteiger charge is 2.25. The van der Waals surface area contributed by atoms with E-state index in [2.05, 4.69) is 37.4 Å². The molecule has 96 valence electrons. The molecule has 1 aromatic heterocycles. The largest absolute Gasteiger partial charge is 0.460 e. The van der Waals surface area contributed by atoms with Gasteiger partial charge in [-0.05, 0) is 50.4 Å². The van der Waals surface area contributed by atoms with E-state index < -0.39 is 0 Å². The van der Waals surface area contributed by atoms with Crippen LogP contribution < -0.4 is 5.32 Å². The third-order valence-corrected chi connectivity index (χ3v) is 4.39. The fraction of sp³-hybridized carbons (Fsp3) is 0.500. The van der Waals surface area contributed by atoms with Crippen LogP contribution in [0, 0.1) is 12.8 Å². The first kappa shape index (κ1) is 11.8. The summed E-state index contributed by atoms with van der Waals surface area (Å²) in [5.41, 5.74) is 2.36. The normalized spacial score (nSPS) is 19.2. The van der Waals surface area contributed by atoms with E-state index in [9.17, 15) is 0 Å². The van der Waals surface area contributed by atoms with E-state index in [4.69, 9.17) is 4.42 Å². The van der Waals surface area contributed by atoms with E-state index in [1.807, 2.05) is 6.07 Å². The molecule has 1 aromatic carbocycles. The molecule has 0 bridgehead atoms. The van der Waals surface area contributed by atoms with Gasteiger partial charge >= 0.3 is 0 Å². The summed E-state index contributed by atoms with van der Waals surface area (Å²) in [5, 5.41) is 4.70. The minimum Gasteiger partial charge on any atom is -0.460 e. The van der Waals surface area contributed by atoms with Crippen LogP contribution in [0.5, 0.6) is 0 Å². The van der Waals surface area contributed by atoms with Crippen molar-refractivity contribution in [1.29, 1.82) is 0 Å². The zero-order valence-corrected chi connectivity index (χ0v) is 11.2. The summed E-state index contributed by atoms with van der Waals surface area (Å²) in [6, 6.07) is 8.36. The summed E-state index contributed by atoms with van der Waals surface area (Å²) >= 11 is 0. The monoisotopic (exact) mass is 243 g/mol. The lowest BCUT2D eigenvalue weighted by Crippen LogP contribution is -2.30. The summed E-state index contributed by atoms with van der Waals surface area (Å²) in [6.45, 7) is 6.81. The van der Waals surface area contributed by atoms with Crippen molar-refractivity contribution in [3.05, 3.63) is 35.6 Å². The van der Waals surface area contributed by atoms with Gasteiger partial charge in [0.1, 0.15) is 11.3 Å². The molecule has 0 amide bonds. The lowest BCUT2D eigenvalue weighted by atomic mass is 9.83. The number of rotatable bonds is 2. The van der Waals surface area contributed by atoms with Crippen LogP contribution in [0.4, 0.5) is 0 Å². The Labute approximate surface area is 108 Å². The third kappa shape index (κ3) is 1.95. The van der Waals surface area contributed by atoms with E-state index in [0.717, 1.165) is 24.6 Å². The first-order valence-electron chi connectivity index (χ1n) is 6.96. The Bertz CT molecular complexity index is 537. The Morgan fingerprint density at radius 1 is 1.22 bits per heavy atom. The van der Waals surface area contributed by atoms with Crippen LogP contribution in [0.3, 0.4) is 0 Å². The summed E-state index contributed by atoms with van der Waals surface area (Å²) in [7, 11) is 0. The van der Waals surface area contributed by atoms with Gasteiger partial charge < -0.3 is 9.73 Å². The molecule has 0 spiro atoms. The second-order valence-electron chi connectivity index (χ2n) is 5.46. The molecule has 1 atom stereocenters. The molecular weight excluding hydrogens is 222 g/mol. The molecule has 1 N–H and O–H groups in total. The zero-order valence-electron chi connectivity index (χ0n) is 11.2. The quantitative estimate of drug-likeness (QED) is 0.866. The van der Waals surface area contributed by atoms with E-state index >= 15 is 0 Å². The van der Waals surface area contributed by atoms with E-state index in [1.54, 1.807) is 0 Å². The number of hydrogen-bond acceptors (Lipinski definition) is 2. The maximum atomic E-state index is 6.09. The number of aryl methyl sites for hydroxylation is 1. The van der Waals surface area contributed by atoms with Crippen molar-refractivity contribution >= 4 is 11.0 Å². The molecule has 2 nitrogen and oxygen atoms in total. The predicted molar refractivity (Wildman–Crippen MR) is 75.0 cm³/mol. The highest BCUT2D eigenvalue weighted by Crippen LogP contribution is 2.36. The molecule has 1 unspecified atom stereocenters. The van der Waals surface area contributed by atoms with Crippen molar-refractivity contribution in [3.63, 3.8) is 0 Å². The Morgan fingerprint density at radius 3 is 2.67 bits per heavy atom. The minimum atomic E-state index is 0.527. The number of benzene rings is 1. The van der Waals surface area contributed by atoms with Crippen molar-refractivity contribution in [2.45, 2.75) is 32.6 Å². The number of furan rings is 1. The topological polar surface area (TPSA) is 25.2 Å². The molecule has 2 heterocycles. The summed E-state index contributed by atoms with van der Waals surface area (Å²) in [6.07, 6.45) is 2.52. The fourth-order valence-electron chi connectivity index (χ4n) is 3.19. The molecule has 0 radical (unpaired) electrons. The van der Waals surface area contributed by atoms with E-state index in [0.29, 0.717) is 5.92 Å². The first-order chi connectivity index (χ1) is 8.77. The van der Waals surface area contributed by atoms with Gasteiger partial charge in [-0.3, -0.25) is 0 Å². The van der Waals surface area contributed by atoms with Gasteiger partial charge in [0.25, 0.3) is 0 Å². The zero-order chi connectivity index (χ0) is 12.5. The predicted octanol–water partition coefficient (Wildman–Crippen LogP) is 3.84.